The maximum Gasteiger partial charge on any atom is 0.258 e. The number of aromatic amines is 1. The average molecular weight is 325 g/mol. The van der Waals surface area contributed by atoms with E-state index >= 15 is 0 Å². The predicted octanol–water partition coefficient (Wildman–Crippen LogP) is 2.92. The van der Waals surface area contributed by atoms with E-state index in [4.69, 9.17) is 17.3 Å². The van der Waals surface area contributed by atoms with Crippen LogP contribution in [-0.2, 0) is 5.75 Å². The minimum absolute atomic E-state index is 0.182. The Morgan fingerprint density at radius 1 is 1.48 bits per heavy atom. The molecular weight excluding hydrogens is 308 g/mol. The van der Waals surface area contributed by atoms with Gasteiger partial charge in [-0.3, -0.25) is 9.79 Å². The molecule has 0 aliphatic carbocycles. The Bertz CT molecular complexity index is 749. The summed E-state index contributed by atoms with van der Waals surface area (Å²) >= 11 is 7.27. The number of aromatic nitrogens is 2. The van der Waals surface area contributed by atoms with Gasteiger partial charge in [0, 0.05) is 5.02 Å². The van der Waals surface area contributed by atoms with E-state index in [1.54, 1.807) is 18.2 Å². The molecule has 112 valence electrons. The lowest BCUT2D eigenvalue weighted by Gasteiger charge is -2.13. The molecule has 0 aliphatic rings. The molecule has 2 aromatic rings. The number of hydrogen-bond donors (Lipinski definition) is 2. The van der Waals surface area contributed by atoms with Crippen molar-refractivity contribution in [1.29, 1.82) is 0 Å². The third kappa shape index (κ3) is 4.47. The van der Waals surface area contributed by atoms with Gasteiger partial charge in [-0.25, -0.2) is 4.98 Å². The van der Waals surface area contributed by atoms with Crippen molar-refractivity contribution in [2.45, 2.75) is 32.1 Å². The minimum Gasteiger partial charge on any atom is -0.379 e. The average Bonchev–Trinajstić information content (AvgIpc) is 2.33. The van der Waals surface area contributed by atoms with Crippen LogP contribution in [0.2, 0.25) is 5.02 Å². The monoisotopic (exact) mass is 324 g/mol. The van der Waals surface area contributed by atoms with Crippen molar-refractivity contribution < 1.29 is 0 Å². The van der Waals surface area contributed by atoms with Crippen LogP contribution >= 0.6 is 23.4 Å². The molecule has 0 bridgehead atoms. The summed E-state index contributed by atoms with van der Waals surface area (Å²) < 4.78 is 0. The van der Waals surface area contributed by atoms with Crippen LogP contribution in [0.5, 0.6) is 0 Å². The highest BCUT2D eigenvalue weighted by Crippen LogP contribution is 2.17. The quantitative estimate of drug-likeness (QED) is 0.657. The predicted molar refractivity (Wildman–Crippen MR) is 90.0 cm³/mol. The highest BCUT2D eigenvalue weighted by atomic mass is 35.5. The van der Waals surface area contributed by atoms with E-state index < -0.39 is 0 Å². The van der Waals surface area contributed by atoms with E-state index in [1.165, 1.54) is 11.8 Å². The van der Waals surface area contributed by atoms with Gasteiger partial charge in [0.25, 0.3) is 5.56 Å². The molecule has 0 saturated carbocycles. The molecule has 7 heteroatoms. The second-order valence-corrected chi connectivity index (χ2v) is 7.02. The number of hydrogen-bond acceptors (Lipinski definition) is 4. The molecule has 1 aromatic carbocycles. The number of amidine groups is 1. The zero-order valence-corrected chi connectivity index (χ0v) is 13.7. The fourth-order valence-electron chi connectivity index (χ4n) is 1.73. The third-order valence-corrected chi connectivity index (χ3v) is 3.56. The Labute approximate surface area is 132 Å². The summed E-state index contributed by atoms with van der Waals surface area (Å²) in [4.78, 5) is 23.5. The molecule has 1 heterocycles. The first-order chi connectivity index (χ1) is 9.74. The largest absolute Gasteiger partial charge is 0.379 e. The van der Waals surface area contributed by atoms with Gasteiger partial charge in [0.05, 0.1) is 22.2 Å². The molecule has 0 amide bonds. The molecule has 2 rings (SSSR count). The topological polar surface area (TPSA) is 84.1 Å². The van der Waals surface area contributed by atoms with Crippen molar-refractivity contribution in [1.82, 2.24) is 9.97 Å². The van der Waals surface area contributed by atoms with Crippen LogP contribution < -0.4 is 11.3 Å². The number of thioether (sulfide) groups is 1. The van der Waals surface area contributed by atoms with Gasteiger partial charge in [-0.05, 0) is 39.0 Å². The van der Waals surface area contributed by atoms with E-state index in [2.05, 4.69) is 15.0 Å². The van der Waals surface area contributed by atoms with E-state index in [-0.39, 0.29) is 11.1 Å². The number of aliphatic imine (C=N–C) groups is 1. The van der Waals surface area contributed by atoms with Crippen molar-refractivity contribution in [3.8, 4) is 0 Å². The molecule has 0 radical (unpaired) electrons. The standard InChI is InChI=1S/C14H17ClN4OS/c1-14(2,3)19-13(16)21-7-11-17-10-6-8(15)4-5-9(10)12(20)18-11/h4-6H,7H2,1-3H3,(H2,16,19)(H,17,18,20). The Morgan fingerprint density at radius 2 is 2.19 bits per heavy atom. The summed E-state index contributed by atoms with van der Waals surface area (Å²) in [5.41, 5.74) is 6.02. The zero-order valence-electron chi connectivity index (χ0n) is 12.1. The molecule has 0 atom stereocenters. The smallest absolute Gasteiger partial charge is 0.258 e. The fourth-order valence-corrected chi connectivity index (χ4v) is 2.66. The van der Waals surface area contributed by atoms with Gasteiger partial charge in [-0.1, -0.05) is 23.4 Å². The van der Waals surface area contributed by atoms with Crippen molar-refractivity contribution in [3.05, 3.63) is 39.4 Å². The van der Waals surface area contributed by atoms with E-state index in [0.717, 1.165) is 0 Å². The Morgan fingerprint density at radius 3 is 2.86 bits per heavy atom. The Hall–Kier alpha value is -1.53. The number of rotatable bonds is 2. The molecule has 0 spiro atoms. The third-order valence-electron chi connectivity index (χ3n) is 2.52. The Balaban J connectivity index is 2.24. The van der Waals surface area contributed by atoms with Gasteiger partial charge in [0.15, 0.2) is 5.17 Å². The van der Waals surface area contributed by atoms with Crippen LogP contribution in [0.15, 0.2) is 28.0 Å². The summed E-state index contributed by atoms with van der Waals surface area (Å²) in [6.07, 6.45) is 0. The summed E-state index contributed by atoms with van der Waals surface area (Å²) in [6.45, 7) is 5.91. The lowest BCUT2D eigenvalue weighted by molar-refractivity contribution is 0.585. The molecule has 21 heavy (non-hydrogen) atoms. The minimum atomic E-state index is -0.227. The number of nitrogens with two attached hydrogens (primary N) is 1. The van der Waals surface area contributed by atoms with Crippen LogP contribution in [0.1, 0.15) is 26.6 Å². The molecule has 0 saturated heterocycles. The first-order valence-electron chi connectivity index (χ1n) is 6.41. The first-order valence-corrected chi connectivity index (χ1v) is 7.77. The van der Waals surface area contributed by atoms with Crippen molar-refractivity contribution >= 4 is 39.4 Å². The summed E-state index contributed by atoms with van der Waals surface area (Å²) in [5.74, 6) is 0.996. The van der Waals surface area contributed by atoms with Crippen LogP contribution in [0.4, 0.5) is 0 Å². The fraction of sp³-hybridized carbons (Fsp3) is 0.357. The van der Waals surface area contributed by atoms with Gasteiger partial charge >= 0.3 is 0 Å². The molecule has 1 aromatic heterocycles. The number of halogens is 1. The highest BCUT2D eigenvalue weighted by Gasteiger charge is 2.10. The second-order valence-electron chi connectivity index (χ2n) is 5.58. The molecular formula is C14H17ClN4OS. The number of nitrogens with zero attached hydrogens (tertiary/aromatic N) is 2. The van der Waals surface area contributed by atoms with Crippen LogP contribution in [0.25, 0.3) is 10.9 Å². The number of H-pyrrole nitrogens is 1. The molecule has 0 fully saturated rings. The highest BCUT2D eigenvalue weighted by molar-refractivity contribution is 8.13. The molecule has 5 nitrogen and oxygen atoms in total. The summed E-state index contributed by atoms with van der Waals surface area (Å²) in [6, 6.07) is 5.01. The van der Waals surface area contributed by atoms with E-state index in [1.807, 2.05) is 20.8 Å². The first kappa shape index (κ1) is 15.9. The summed E-state index contributed by atoms with van der Waals surface area (Å²) in [7, 11) is 0. The van der Waals surface area contributed by atoms with Gasteiger partial charge in [0.2, 0.25) is 0 Å². The molecule has 0 aliphatic heterocycles. The van der Waals surface area contributed by atoms with Gasteiger partial charge in [-0.15, -0.1) is 0 Å². The van der Waals surface area contributed by atoms with Crippen LogP contribution in [-0.4, -0.2) is 20.7 Å². The number of nitrogens with one attached hydrogen (secondary N) is 1. The zero-order chi connectivity index (χ0) is 15.6. The van der Waals surface area contributed by atoms with Gasteiger partial charge < -0.3 is 10.7 Å². The van der Waals surface area contributed by atoms with Crippen molar-refractivity contribution in [2.75, 3.05) is 0 Å². The number of fused-ring (bicyclic) bond motifs is 1. The van der Waals surface area contributed by atoms with Crippen molar-refractivity contribution in [2.24, 2.45) is 10.7 Å². The normalized spacial score (nSPS) is 12.9. The van der Waals surface area contributed by atoms with Crippen LogP contribution in [0, 0.1) is 0 Å². The Kier molecular flexibility index (Phi) is 4.58. The van der Waals surface area contributed by atoms with Crippen molar-refractivity contribution in [3.63, 3.8) is 0 Å². The maximum atomic E-state index is 12.0. The van der Waals surface area contributed by atoms with E-state index in [0.29, 0.717) is 32.7 Å². The van der Waals surface area contributed by atoms with E-state index in [9.17, 15) is 4.79 Å². The van der Waals surface area contributed by atoms with Gasteiger partial charge in [-0.2, -0.15) is 0 Å². The molecule has 0 unspecified atom stereocenters. The second kappa shape index (κ2) is 6.07. The van der Waals surface area contributed by atoms with Gasteiger partial charge in [0.1, 0.15) is 5.82 Å². The lowest BCUT2D eigenvalue weighted by Crippen LogP contribution is -2.18. The SMILES string of the molecule is CC(C)(C)N=C(N)SCc1nc2cc(Cl)ccc2c(=O)[nH]1. The number of benzene rings is 1. The van der Waals surface area contributed by atoms with Crippen LogP contribution in [0.3, 0.4) is 0 Å². The maximum absolute atomic E-state index is 12.0. The summed E-state index contributed by atoms with van der Waals surface area (Å²) in [5, 5.41) is 1.54. The lowest BCUT2D eigenvalue weighted by atomic mass is 10.1. The molecule has 3 N–H and O–H groups in total.